The minimum Gasteiger partial charge on any atom is -0.286 e. The molecule has 2 heterocycles. The number of nitrogens with zero attached hydrogens (tertiary/aromatic N) is 2. The van der Waals surface area contributed by atoms with Gasteiger partial charge in [-0.05, 0) is 43.6 Å². The average molecular weight is 353 g/mol. The van der Waals surface area contributed by atoms with Gasteiger partial charge < -0.3 is 0 Å². The maximum atomic E-state index is 12.6. The lowest BCUT2D eigenvalue weighted by atomic mass is 10.1. The van der Waals surface area contributed by atoms with Gasteiger partial charge in [-0.15, -0.1) is 0 Å². The number of thiocarbonyl (C=S) groups is 1. The Balaban J connectivity index is 1.75. The van der Waals surface area contributed by atoms with Crippen LogP contribution in [0.3, 0.4) is 0 Å². The van der Waals surface area contributed by atoms with Crippen LogP contribution in [0.25, 0.3) is 6.08 Å². The highest BCUT2D eigenvalue weighted by Gasteiger charge is 2.33. The second-order valence-electron chi connectivity index (χ2n) is 5.45. The number of amides is 1. The molecule has 6 heteroatoms. The van der Waals surface area contributed by atoms with E-state index in [0.29, 0.717) is 20.9 Å². The number of benzene rings is 1. The van der Waals surface area contributed by atoms with E-state index >= 15 is 0 Å². The third-order valence-corrected chi connectivity index (χ3v) is 5.58. The van der Waals surface area contributed by atoms with Gasteiger partial charge in [0, 0.05) is 5.02 Å². The summed E-state index contributed by atoms with van der Waals surface area (Å²) in [6.45, 7) is 2.69. The molecular formula is C16H17ClN2OS2. The Morgan fingerprint density at radius 1 is 1.23 bits per heavy atom. The minimum absolute atomic E-state index is 0.0134. The average Bonchev–Trinajstić information content (AvgIpc) is 2.78. The van der Waals surface area contributed by atoms with Gasteiger partial charge in [-0.3, -0.25) is 14.6 Å². The predicted octanol–water partition coefficient (Wildman–Crippen LogP) is 3.98. The van der Waals surface area contributed by atoms with E-state index in [1.54, 1.807) is 4.90 Å². The number of likely N-dealkylation sites (tertiary alicyclic amines) is 1. The molecule has 0 spiro atoms. The fourth-order valence-electron chi connectivity index (χ4n) is 2.66. The Morgan fingerprint density at radius 3 is 2.68 bits per heavy atom. The molecule has 3 nitrogen and oxygen atoms in total. The summed E-state index contributed by atoms with van der Waals surface area (Å²) >= 11 is 12.9. The molecule has 1 aromatic rings. The summed E-state index contributed by atoms with van der Waals surface area (Å²) in [4.78, 5) is 17.2. The van der Waals surface area contributed by atoms with Gasteiger partial charge >= 0.3 is 0 Å². The molecule has 2 aliphatic rings. The van der Waals surface area contributed by atoms with Gasteiger partial charge in [-0.2, -0.15) is 0 Å². The molecule has 1 aromatic carbocycles. The van der Waals surface area contributed by atoms with E-state index in [-0.39, 0.29) is 5.91 Å². The van der Waals surface area contributed by atoms with Crippen LogP contribution >= 0.6 is 35.6 Å². The molecule has 0 atom stereocenters. The quantitative estimate of drug-likeness (QED) is 0.606. The largest absolute Gasteiger partial charge is 0.286 e. The Kier molecular flexibility index (Phi) is 5.18. The molecular weight excluding hydrogens is 336 g/mol. The van der Waals surface area contributed by atoms with Crippen LogP contribution in [-0.4, -0.2) is 39.8 Å². The summed E-state index contributed by atoms with van der Waals surface area (Å²) in [5.74, 6) is -0.0134. The molecule has 22 heavy (non-hydrogen) atoms. The Morgan fingerprint density at radius 2 is 1.95 bits per heavy atom. The standard InChI is InChI=1S/C16H17ClN2OS2/c17-13-7-3-2-6-12(13)10-14-15(20)19(16(21)22-14)11-18-8-4-1-5-9-18/h2-3,6-7,10H,1,4-5,8-9,11H2/b14-10-. The number of hydrogen-bond acceptors (Lipinski definition) is 4. The van der Waals surface area contributed by atoms with Crippen LogP contribution in [0.5, 0.6) is 0 Å². The number of thioether (sulfide) groups is 1. The summed E-state index contributed by atoms with van der Waals surface area (Å²) in [7, 11) is 0. The number of rotatable bonds is 3. The SMILES string of the molecule is O=C1/C(=C/c2ccccc2Cl)SC(=S)N1CN1CCCCC1. The molecule has 3 rings (SSSR count). The lowest BCUT2D eigenvalue weighted by Gasteiger charge is -2.29. The minimum atomic E-state index is -0.0134. The zero-order valence-electron chi connectivity index (χ0n) is 12.1. The van der Waals surface area contributed by atoms with Gasteiger partial charge in [0.15, 0.2) is 0 Å². The van der Waals surface area contributed by atoms with Crippen LogP contribution < -0.4 is 0 Å². The highest BCUT2D eigenvalue weighted by atomic mass is 35.5. The Labute approximate surface area is 145 Å². The number of hydrogen-bond donors (Lipinski definition) is 0. The first kappa shape index (κ1) is 16.0. The summed E-state index contributed by atoms with van der Waals surface area (Å²) in [6.07, 6.45) is 5.51. The molecule has 2 aliphatic heterocycles. The lowest BCUT2D eigenvalue weighted by molar-refractivity contribution is -0.123. The summed E-state index contributed by atoms with van der Waals surface area (Å²) in [5, 5.41) is 0.642. The number of carbonyl (C=O) groups is 1. The predicted molar refractivity (Wildman–Crippen MR) is 96.8 cm³/mol. The van der Waals surface area contributed by atoms with Gasteiger partial charge in [0.1, 0.15) is 4.32 Å². The van der Waals surface area contributed by atoms with Crippen molar-refractivity contribution in [2.24, 2.45) is 0 Å². The van der Waals surface area contributed by atoms with E-state index in [1.807, 2.05) is 30.3 Å². The van der Waals surface area contributed by atoms with Crippen LogP contribution in [0.2, 0.25) is 5.02 Å². The molecule has 0 N–H and O–H groups in total. The van der Waals surface area contributed by atoms with E-state index in [4.69, 9.17) is 23.8 Å². The molecule has 0 aromatic heterocycles. The highest BCUT2D eigenvalue weighted by Crippen LogP contribution is 2.34. The van der Waals surface area contributed by atoms with Crippen molar-refractivity contribution in [1.29, 1.82) is 0 Å². The van der Waals surface area contributed by atoms with Crippen LogP contribution in [0.15, 0.2) is 29.2 Å². The molecule has 2 saturated heterocycles. The Bertz CT molecular complexity index is 626. The van der Waals surface area contributed by atoms with Gasteiger partial charge in [-0.25, -0.2) is 0 Å². The Hall–Kier alpha value is -0.880. The van der Waals surface area contributed by atoms with Gasteiger partial charge in [0.05, 0.1) is 11.6 Å². The molecule has 0 radical (unpaired) electrons. The van der Waals surface area contributed by atoms with Crippen LogP contribution in [0.4, 0.5) is 0 Å². The zero-order chi connectivity index (χ0) is 15.5. The highest BCUT2D eigenvalue weighted by molar-refractivity contribution is 8.26. The van der Waals surface area contributed by atoms with Crippen molar-refractivity contribution in [2.75, 3.05) is 19.8 Å². The molecule has 0 aliphatic carbocycles. The fourth-order valence-corrected chi connectivity index (χ4v) is 4.08. The maximum absolute atomic E-state index is 12.6. The smallest absolute Gasteiger partial charge is 0.267 e. The van der Waals surface area contributed by atoms with E-state index in [2.05, 4.69) is 4.90 Å². The summed E-state index contributed by atoms with van der Waals surface area (Å²) < 4.78 is 0.633. The van der Waals surface area contributed by atoms with E-state index in [1.165, 1.54) is 31.0 Å². The van der Waals surface area contributed by atoms with Crippen LogP contribution in [0.1, 0.15) is 24.8 Å². The van der Waals surface area contributed by atoms with Crippen molar-refractivity contribution >= 4 is 51.9 Å². The van der Waals surface area contributed by atoms with Crippen LogP contribution in [-0.2, 0) is 4.79 Å². The van der Waals surface area contributed by atoms with Crippen molar-refractivity contribution in [3.8, 4) is 0 Å². The van der Waals surface area contributed by atoms with Crippen molar-refractivity contribution < 1.29 is 4.79 Å². The lowest BCUT2D eigenvalue weighted by Crippen LogP contribution is -2.42. The maximum Gasteiger partial charge on any atom is 0.267 e. The zero-order valence-corrected chi connectivity index (χ0v) is 14.5. The third kappa shape index (κ3) is 3.54. The third-order valence-electron chi connectivity index (χ3n) is 3.86. The molecule has 0 saturated carbocycles. The van der Waals surface area contributed by atoms with Crippen molar-refractivity contribution in [3.05, 3.63) is 39.8 Å². The molecule has 0 unspecified atom stereocenters. The topological polar surface area (TPSA) is 23.6 Å². The first-order valence-electron chi connectivity index (χ1n) is 7.37. The van der Waals surface area contributed by atoms with E-state index in [0.717, 1.165) is 18.7 Å². The molecule has 0 bridgehead atoms. The first-order valence-corrected chi connectivity index (χ1v) is 8.98. The van der Waals surface area contributed by atoms with Gasteiger partial charge in [0.25, 0.3) is 5.91 Å². The normalized spacial score (nSPS) is 21.9. The first-order chi connectivity index (χ1) is 10.6. The summed E-state index contributed by atoms with van der Waals surface area (Å²) in [6, 6.07) is 7.51. The van der Waals surface area contributed by atoms with E-state index in [9.17, 15) is 4.79 Å². The fraction of sp³-hybridized carbons (Fsp3) is 0.375. The summed E-state index contributed by atoms with van der Waals surface area (Å²) in [5.41, 5.74) is 0.850. The molecule has 116 valence electrons. The second kappa shape index (κ2) is 7.13. The number of halogens is 1. The molecule has 1 amide bonds. The molecule has 2 fully saturated rings. The van der Waals surface area contributed by atoms with Gasteiger partial charge in [-0.1, -0.05) is 60.2 Å². The second-order valence-corrected chi connectivity index (χ2v) is 7.53. The van der Waals surface area contributed by atoms with Crippen molar-refractivity contribution in [3.63, 3.8) is 0 Å². The number of piperidine rings is 1. The number of carbonyl (C=O) groups excluding carboxylic acids is 1. The van der Waals surface area contributed by atoms with Crippen LogP contribution in [0, 0.1) is 0 Å². The van der Waals surface area contributed by atoms with E-state index < -0.39 is 0 Å². The van der Waals surface area contributed by atoms with Crippen molar-refractivity contribution in [1.82, 2.24) is 9.80 Å². The van der Waals surface area contributed by atoms with Gasteiger partial charge in [0.2, 0.25) is 0 Å². The monoisotopic (exact) mass is 352 g/mol. The van der Waals surface area contributed by atoms with Crippen molar-refractivity contribution in [2.45, 2.75) is 19.3 Å².